The standard InChI is InChI=1S/C8H8N4O2/c1-13-6-5(3-2-4-10-6)7-11-8(9)12-14-7/h2-4H,1H3,(H2,9,12). The second-order valence-corrected chi connectivity index (χ2v) is 2.52. The number of nitrogens with two attached hydrogens (primary N) is 1. The van der Waals surface area contributed by atoms with Gasteiger partial charge in [0.05, 0.1) is 7.11 Å². The van der Waals surface area contributed by atoms with E-state index in [0.29, 0.717) is 17.3 Å². The first-order valence-corrected chi connectivity index (χ1v) is 3.90. The van der Waals surface area contributed by atoms with Gasteiger partial charge in [0.2, 0.25) is 5.88 Å². The molecule has 2 heterocycles. The Kier molecular flexibility index (Phi) is 2.02. The number of anilines is 1. The fourth-order valence-corrected chi connectivity index (χ4v) is 1.06. The zero-order chi connectivity index (χ0) is 9.97. The SMILES string of the molecule is COc1ncccc1-c1nc(N)no1. The number of methoxy groups -OCH3 is 1. The molecule has 0 amide bonds. The molecular formula is C8H8N4O2. The predicted molar refractivity (Wildman–Crippen MR) is 48.5 cm³/mol. The summed E-state index contributed by atoms with van der Waals surface area (Å²) in [4.78, 5) is 7.86. The third-order valence-electron chi connectivity index (χ3n) is 1.64. The lowest BCUT2D eigenvalue weighted by atomic mass is 10.3. The topological polar surface area (TPSA) is 87.1 Å². The van der Waals surface area contributed by atoms with E-state index >= 15 is 0 Å². The van der Waals surface area contributed by atoms with Gasteiger partial charge in [-0.15, -0.1) is 0 Å². The van der Waals surface area contributed by atoms with Crippen molar-refractivity contribution in [3.63, 3.8) is 0 Å². The van der Waals surface area contributed by atoms with Gasteiger partial charge in [-0.05, 0) is 17.3 Å². The molecule has 14 heavy (non-hydrogen) atoms. The van der Waals surface area contributed by atoms with Gasteiger partial charge in [0, 0.05) is 6.20 Å². The van der Waals surface area contributed by atoms with Crippen LogP contribution in [0.5, 0.6) is 5.88 Å². The van der Waals surface area contributed by atoms with E-state index < -0.39 is 0 Å². The second-order valence-electron chi connectivity index (χ2n) is 2.52. The first kappa shape index (κ1) is 8.49. The van der Waals surface area contributed by atoms with Gasteiger partial charge in [-0.25, -0.2) is 4.98 Å². The summed E-state index contributed by atoms with van der Waals surface area (Å²) in [5.74, 6) is 0.814. The Hall–Kier alpha value is -2.11. The highest BCUT2D eigenvalue weighted by atomic mass is 16.5. The third kappa shape index (κ3) is 1.37. The molecule has 6 heteroatoms. The van der Waals surface area contributed by atoms with Crippen molar-refractivity contribution in [2.45, 2.75) is 0 Å². The number of aromatic nitrogens is 3. The van der Waals surface area contributed by atoms with E-state index in [9.17, 15) is 0 Å². The molecule has 0 fully saturated rings. The largest absolute Gasteiger partial charge is 0.480 e. The Morgan fingerprint density at radius 2 is 2.36 bits per heavy atom. The normalized spacial score (nSPS) is 10.1. The predicted octanol–water partition coefficient (Wildman–Crippen LogP) is 0.722. The van der Waals surface area contributed by atoms with E-state index in [0.717, 1.165) is 0 Å². The number of hydrogen-bond acceptors (Lipinski definition) is 6. The molecule has 6 nitrogen and oxygen atoms in total. The summed E-state index contributed by atoms with van der Waals surface area (Å²) in [6, 6.07) is 3.51. The van der Waals surface area contributed by atoms with Crippen molar-refractivity contribution in [3.8, 4) is 17.3 Å². The van der Waals surface area contributed by atoms with Crippen LogP contribution in [0.25, 0.3) is 11.5 Å². The fraction of sp³-hybridized carbons (Fsp3) is 0.125. The van der Waals surface area contributed by atoms with Gasteiger partial charge < -0.3 is 15.0 Å². The average molecular weight is 192 g/mol. The molecule has 0 spiro atoms. The van der Waals surface area contributed by atoms with Crippen LogP contribution in [0.3, 0.4) is 0 Å². The molecule has 0 atom stereocenters. The molecule has 2 aromatic rings. The summed E-state index contributed by atoms with van der Waals surface area (Å²) in [5, 5.41) is 3.48. The molecule has 0 bridgehead atoms. The van der Waals surface area contributed by atoms with Crippen molar-refractivity contribution in [2.75, 3.05) is 12.8 Å². The first-order chi connectivity index (χ1) is 6.81. The molecule has 0 saturated heterocycles. The molecule has 0 aliphatic carbocycles. The number of ether oxygens (including phenoxy) is 1. The molecule has 2 rings (SSSR count). The lowest BCUT2D eigenvalue weighted by Gasteiger charge is -2.01. The van der Waals surface area contributed by atoms with Crippen LogP contribution >= 0.6 is 0 Å². The monoisotopic (exact) mass is 192 g/mol. The molecule has 0 unspecified atom stereocenters. The van der Waals surface area contributed by atoms with Crippen LogP contribution in [0.1, 0.15) is 0 Å². The van der Waals surface area contributed by atoms with Gasteiger partial charge >= 0.3 is 0 Å². The van der Waals surface area contributed by atoms with Gasteiger partial charge in [-0.2, -0.15) is 4.98 Å². The maximum atomic E-state index is 5.33. The lowest BCUT2D eigenvalue weighted by Crippen LogP contribution is -1.91. The van der Waals surface area contributed by atoms with Gasteiger partial charge in [0.15, 0.2) is 0 Å². The van der Waals surface area contributed by atoms with E-state index in [1.807, 2.05) is 0 Å². The Balaban J connectivity index is 2.50. The molecule has 2 aromatic heterocycles. The minimum absolute atomic E-state index is 0.0888. The fourth-order valence-electron chi connectivity index (χ4n) is 1.06. The number of hydrogen-bond donors (Lipinski definition) is 1. The van der Waals surface area contributed by atoms with Crippen LogP contribution in [-0.2, 0) is 0 Å². The molecule has 0 aliphatic rings. The van der Waals surface area contributed by atoms with Crippen molar-refractivity contribution in [1.29, 1.82) is 0 Å². The first-order valence-electron chi connectivity index (χ1n) is 3.90. The highest BCUT2D eigenvalue weighted by molar-refractivity contribution is 5.60. The van der Waals surface area contributed by atoms with E-state index in [4.69, 9.17) is 15.0 Å². The lowest BCUT2D eigenvalue weighted by molar-refractivity contribution is 0.392. The van der Waals surface area contributed by atoms with Gasteiger partial charge in [-0.3, -0.25) is 0 Å². The maximum absolute atomic E-state index is 5.33. The van der Waals surface area contributed by atoms with Crippen LogP contribution < -0.4 is 10.5 Å². The molecule has 0 radical (unpaired) electrons. The van der Waals surface area contributed by atoms with Gasteiger partial charge in [0.1, 0.15) is 5.56 Å². The summed E-state index contributed by atoms with van der Waals surface area (Å²) >= 11 is 0. The van der Waals surface area contributed by atoms with Crippen LogP contribution in [0.2, 0.25) is 0 Å². The van der Waals surface area contributed by atoms with Crippen molar-refractivity contribution >= 4 is 5.95 Å². The molecule has 0 aliphatic heterocycles. The zero-order valence-corrected chi connectivity index (χ0v) is 7.47. The summed E-state index contributed by atoms with van der Waals surface area (Å²) in [5.41, 5.74) is 5.95. The zero-order valence-electron chi connectivity index (χ0n) is 7.47. The summed E-state index contributed by atoms with van der Waals surface area (Å²) < 4.78 is 9.92. The van der Waals surface area contributed by atoms with Gasteiger partial charge in [-0.1, -0.05) is 0 Å². The van der Waals surface area contributed by atoms with Crippen LogP contribution in [0.15, 0.2) is 22.9 Å². The average Bonchev–Trinajstić information content (AvgIpc) is 2.65. The third-order valence-corrected chi connectivity index (χ3v) is 1.64. The van der Waals surface area contributed by atoms with Crippen molar-refractivity contribution in [3.05, 3.63) is 18.3 Å². The highest BCUT2D eigenvalue weighted by Gasteiger charge is 2.12. The summed E-state index contributed by atoms with van der Waals surface area (Å²) in [6.07, 6.45) is 1.61. The Bertz CT molecular complexity index is 440. The van der Waals surface area contributed by atoms with E-state index in [1.54, 1.807) is 18.3 Å². The molecule has 72 valence electrons. The molecule has 0 saturated carbocycles. The minimum atomic E-state index is 0.0888. The van der Waals surface area contributed by atoms with Crippen molar-refractivity contribution < 1.29 is 9.26 Å². The van der Waals surface area contributed by atoms with E-state index in [2.05, 4.69) is 15.1 Å². The minimum Gasteiger partial charge on any atom is -0.480 e. The number of rotatable bonds is 2. The maximum Gasteiger partial charge on any atom is 0.264 e. The number of nitrogen functional groups attached to an aromatic ring is 1. The Labute approximate surface area is 79.7 Å². The Morgan fingerprint density at radius 3 is 3.00 bits per heavy atom. The van der Waals surface area contributed by atoms with Crippen LogP contribution in [0, 0.1) is 0 Å². The highest BCUT2D eigenvalue weighted by Crippen LogP contribution is 2.25. The van der Waals surface area contributed by atoms with Crippen LogP contribution in [-0.4, -0.2) is 22.2 Å². The molecule has 2 N–H and O–H groups in total. The number of pyridine rings is 1. The Morgan fingerprint density at radius 1 is 1.50 bits per heavy atom. The molecule has 0 aromatic carbocycles. The van der Waals surface area contributed by atoms with Crippen LogP contribution in [0.4, 0.5) is 5.95 Å². The van der Waals surface area contributed by atoms with E-state index in [1.165, 1.54) is 7.11 Å². The smallest absolute Gasteiger partial charge is 0.264 e. The number of nitrogens with zero attached hydrogens (tertiary/aromatic N) is 3. The molecular weight excluding hydrogens is 184 g/mol. The van der Waals surface area contributed by atoms with E-state index in [-0.39, 0.29) is 5.95 Å². The summed E-state index contributed by atoms with van der Waals surface area (Å²) in [7, 11) is 1.52. The summed E-state index contributed by atoms with van der Waals surface area (Å²) in [6.45, 7) is 0. The van der Waals surface area contributed by atoms with Crippen molar-refractivity contribution in [1.82, 2.24) is 15.1 Å². The second kappa shape index (κ2) is 3.33. The van der Waals surface area contributed by atoms with Crippen molar-refractivity contribution in [2.24, 2.45) is 0 Å². The van der Waals surface area contributed by atoms with Gasteiger partial charge in [0.25, 0.3) is 11.8 Å². The quantitative estimate of drug-likeness (QED) is 0.754.